The van der Waals surface area contributed by atoms with Crippen LogP contribution in [0.15, 0.2) is 53.6 Å². The Hall–Kier alpha value is -2.72. The summed E-state index contributed by atoms with van der Waals surface area (Å²) in [6, 6.07) is 3.04. The number of β-lactam (4-membered cyclic amide) rings is 1. The summed E-state index contributed by atoms with van der Waals surface area (Å²) in [6.45, 7) is 0.364. The minimum atomic E-state index is -1.13. The maximum atomic E-state index is 12.6. The van der Waals surface area contributed by atoms with Gasteiger partial charge in [0.1, 0.15) is 17.1 Å². The molecule has 0 spiro atoms. The van der Waals surface area contributed by atoms with Gasteiger partial charge in [0.25, 0.3) is 5.91 Å². The van der Waals surface area contributed by atoms with Gasteiger partial charge in [0, 0.05) is 16.2 Å². The lowest BCUT2D eigenvalue weighted by atomic mass is 10.0. The Morgan fingerprint density at radius 3 is 2.82 bits per heavy atom. The van der Waals surface area contributed by atoms with Crippen LogP contribution in [-0.2, 0) is 27.3 Å². The quantitative estimate of drug-likeness (QED) is 0.521. The van der Waals surface area contributed by atoms with Crippen LogP contribution in [0.25, 0.3) is 0 Å². The van der Waals surface area contributed by atoms with E-state index in [-0.39, 0.29) is 23.9 Å². The molecule has 144 valence electrons. The fourth-order valence-electron chi connectivity index (χ4n) is 3.27. The molecule has 1 unspecified atom stereocenters. The van der Waals surface area contributed by atoms with Crippen molar-refractivity contribution in [1.82, 2.24) is 15.2 Å². The lowest BCUT2D eigenvalue weighted by Crippen LogP contribution is -2.70. The van der Waals surface area contributed by atoms with Gasteiger partial charge in [0.2, 0.25) is 5.91 Å². The van der Waals surface area contributed by atoms with Gasteiger partial charge in [0.15, 0.2) is 18.9 Å². The highest BCUT2D eigenvalue weighted by Crippen LogP contribution is 2.40. The number of carboxylic acid groups (broad SMARTS) is 1. The third-order valence-corrected chi connectivity index (χ3v) is 6.76. The van der Waals surface area contributed by atoms with Gasteiger partial charge >= 0.3 is 5.97 Å². The minimum absolute atomic E-state index is 0.0156. The van der Waals surface area contributed by atoms with Crippen LogP contribution in [0.3, 0.4) is 0 Å². The van der Waals surface area contributed by atoms with Crippen molar-refractivity contribution in [3.05, 3.63) is 58.4 Å². The average Bonchev–Trinajstić information content (AvgIpc) is 3.19. The number of carboxylic acids is 1. The molecule has 1 fully saturated rings. The number of carbonyl (C=O) groups is 3. The highest BCUT2D eigenvalue weighted by Gasteiger charge is 2.54. The topological polar surface area (TPSA) is 103 Å². The molecule has 1 saturated heterocycles. The van der Waals surface area contributed by atoms with Crippen LogP contribution < -0.4 is 9.88 Å². The summed E-state index contributed by atoms with van der Waals surface area (Å²) < 4.78 is 1.82. The van der Waals surface area contributed by atoms with Crippen LogP contribution in [0.5, 0.6) is 0 Å². The van der Waals surface area contributed by atoms with Gasteiger partial charge < -0.3 is 10.4 Å². The molecule has 10 heteroatoms. The van der Waals surface area contributed by atoms with E-state index >= 15 is 0 Å². The number of thiophene rings is 1. The third-order valence-electron chi connectivity index (χ3n) is 4.54. The number of carbonyl (C=O) groups excluding carboxylic acids is 2. The van der Waals surface area contributed by atoms with Crippen LogP contribution >= 0.6 is 23.1 Å². The summed E-state index contributed by atoms with van der Waals surface area (Å²) in [5, 5.41) is 14.0. The molecule has 0 aromatic carbocycles. The summed E-state index contributed by atoms with van der Waals surface area (Å²) >= 11 is 2.95. The van der Waals surface area contributed by atoms with Gasteiger partial charge in [-0.2, -0.15) is 4.57 Å². The Morgan fingerprint density at radius 1 is 1.36 bits per heavy atom. The van der Waals surface area contributed by atoms with E-state index < -0.39 is 17.4 Å². The van der Waals surface area contributed by atoms with Crippen molar-refractivity contribution in [2.45, 2.75) is 24.4 Å². The molecule has 8 nitrogen and oxygen atoms in total. The normalized spacial score (nSPS) is 21.1. The lowest BCUT2D eigenvalue weighted by molar-refractivity contribution is -0.689. The number of fused-ring (bicyclic) bond motifs is 1. The van der Waals surface area contributed by atoms with Crippen molar-refractivity contribution in [2.24, 2.45) is 0 Å². The van der Waals surface area contributed by atoms with E-state index in [1.807, 2.05) is 22.1 Å². The van der Waals surface area contributed by atoms with E-state index in [9.17, 15) is 19.5 Å². The van der Waals surface area contributed by atoms with Crippen molar-refractivity contribution in [2.75, 3.05) is 5.75 Å². The molecule has 2 N–H and O–H groups in total. The SMILES string of the molecule is O=C(Cc1cccs1)NC1C(=O)N2C(C(=O)O)=C(C[n+]3ccncc3)CS[C@H]12. The first-order valence-electron chi connectivity index (χ1n) is 8.55. The van der Waals surface area contributed by atoms with Gasteiger partial charge in [0.05, 0.1) is 18.8 Å². The second-order valence-corrected chi connectivity index (χ2v) is 8.52. The van der Waals surface area contributed by atoms with E-state index in [0.717, 1.165) is 4.88 Å². The fourth-order valence-corrected chi connectivity index (χ4v) is 5.31. The summed E-state index contributed by atoms with van der Waals surface area (Å²) in [6.07, 6.45) is 6.94. The zero-order valence-corrected chi connectivity index (χ0v) is 16.3. The molecule has 0 bridgehead atoms. The molecule has 2 aliphatic heterocycles. The second-order valence-electron chi connectivity index (χ2n) is 6.39. The molecule has 2 atom stereocenters. The van der Waals surface area contributed by atoms with Crippen LogP contribution in [0.2, 0.25) is 0 Å². The summed E-state index contributed by atoms with van der Waals surface area (Å²) in [7, 11) is 0. The molecule has 0 radical (unpaired) electrons. The molecular weight excluding hydrogens is 400 g/mol. The van der Waals surface area contributed by atoms with E-state index in [1.165, 1.54) is 28.0 Å². The fraction of sp³-hybridized carbons (Fsp3) is 0.278. The van der Waals surface area contributed by atoms with Crippen molar-refractivity contribution in [3.8, 4) is 0 Å². The van der Waals surface area contributed by atoms with E-state index in [1.54, 1.807) is 24.8 Å². The predicted molar refractivity (Wildman–Crippen MR) is 102 cm³/mol. The first-order chi connectivity index (χ1) is 13.5. The van der Waals surface area contributed by atoms with E-state index in [0.29, 0.717) is 17.9 Å². The second kappa shape index (κ2) is 7.72. The van der Waals surface area contributed by atoms with Crippen molar-refractivity contribution in [3.63, 3.8) is 0 Å². The zero-order valence-electron chi connectivity index (χ0n) is 14.6. The number of nitrogens with one attached hydrogen (secondary N) is 1. The Morgan fingerprint density at radius 2 is 2.14 bits per heavy atom. The van der Waals surface area contributed by atoms with Crippen molar-refractivity contribution >= 4 is 40.9 Å². The maximum absolute atomic E-state index is 12.6. The maximum Gasteiger partial charge on any atom is 0.352 e. The third kappa shape index (κ3) is 3.52. The Balaban J connectivity index is 1.49. The van der Waals surface area contributed by atoms with Gasteiger partial charge in [-0.1, -0.05) is 6.07 Å². The molecule has 2 aromatic rings. The number of rotatable bonds is 6. The van der Waals surface area contributed by atoms with Gasteiger partial charge in [-0.3, -0.25) is 19.5 Å². The summed E-state index contributed by atoms with van der Waals surface area (Å²) in [4.78, 5) is 42.9. The Bertz CT molecular complexity index is 946. The van der Waals surface area contributed by atoms with Crippen molar-refractivity contribution < 1.29 is 24.1 Å². The smallest absolute Gasteiger partial charge is 0.352 e. The van der Waals surface area contributed by atoms with Gasteiger partial charge in [-0.25, -0.2) is 4.79 Å². The highest BCUT2D eigenvalue weighted by atomic mass is 32.2. The molecule has 0 saturated carbocycles. The molecule has 2 aliphatic rings. The monoisotopic (exact) mass is 417 g/mol. The van der Waals surface area contributed by atoms with Gasteiger partial charge in [-0.05, 0) is 11.4 Å². The van der Waals surface area contributed by atoms with Crippen LogP contribution in [0.4, 0.5) is 0 Å². The van der Waals surface area contributed by atoms with E-state index in [2.05, 4.69) is 10.3 Å². The number of hydrogen-bond acceptors (Lipinski definition) is 6. The predicted octanol–water partition coefficient (Wildman–Crippen LogP) is 0.412. The molecule has 0 aliphatic carbocycles. The molecule has 28 heavy (non-hydrogen) atoms. The van der Waals surface area contributed by atoms with Crippen LogP contribution in [-0.4, -0.2) is 49.9 Å². The molecular formula is C18H17N4O4S2+. The largest absolute Gasteiger partial charge is 0.477 e. The number of nitrogens with zero attached hydrogens (tertiary/aromatic N) is 3. The lowest BCUT2D eigenvalue weighted by Gasteiger charge is -2.49. The Kier molecular flexibility index (Phi) is 5.14. The first kappa shape index (κ1) is 18.6. The summed E-state index contributed by atoms with van der Waals surface area (Å²) in [5.41, 5.74) is 0.670. The molecule has 2 aromatic heterocycles. The molecule has 2 amide bonds. The Labute approximate surface area is 168 Å². The number of aliphatic carboxylic acids is 1. The number of thioether (sulfide) groups is 1. The molecule has 4 rings (SSSR count). The van der Waals surface area contributed by atoms with Crippen LogP contribution in [0, 0.1) is 0 Å². The molecule has 4 heterocycles. The highest BCUT2D eigenvalue weighted by molar-refractivity contribution is 8.00. The summed E-state index contributed by atoms with van der Waals surface area (Å²) in [5.74, 6) is -1.28. The van der Waals surface area contributed by atoms with Crippen LogP contribution in [0.1, 0.15) is 4.88 Å². The zero-order chi connectivity index (χ0) is 19.7. The van der Waals surface area contributed by atoms with Gasteiger partial charge in [-0.15, -0.1) is 23.1 Å². The van der Waals surface area contributed by atoms with E-state index in [4.69, 9.17) is 0 Å². The van der Waals surface area contributed by atoms with Crippen molar-refractivity contribution in [1.29, 1.82) is 0 Å². The average molecular weight is 417 g/mol. The number of amides is 2. The standard InChI is InChI=1S/C18H16N4O4S2/c23-13(8-12-2-1-7-27-12)20-14-16(24)22-15(18(25)26)11(10-28-17(14)22)9-21-5-3-19-4-6-21/h1-7,14,17H,8-10H2,(H-,20,23,25,26)/p+1/t14?,17-/m1/s1. The number of aromatic nitrogens is 2. The number of hydrogen-bond donors (Lipinski definition) is 2. The first-order valence-corrected chi connectivity index (χ1v) is 10.5. The minimum Gasteiger partial charge on any atom is -0.477 e.